The maximum absolute atomic E-state index is 11.8. The summed E-state index contributed by atoms with van der Waals surface area (Å²) >= 11 is 0. The Bertz CT molecular complexity index is 435. The number of fused-ring (bicyclic) bond motifs is 2. The minimum absolute atomic E-state index is 0.0670. The largest absolute Gasteiger partial charge is 0.446 e. The van der Waals surface area contributed by atoms with Crippen molar-refractivity contribution in [3.63, 3.8) is 0 Å². The first-order chi connectivity index (χ1) is 9.22. The molecule has 0 aromatic heterocycles. The van der Waals surface area contributed by atoms with Crippen LogP contribution < -0.4 is 5.32 Å². The molecule has 2 aliphatic rings. The quantitative estimate of drug-likeness (QED) is 0.889. The number of nitrogens with one attached hydrogen (secondary N) is 1. The highest BCUT2D eigenvalue weighted by molar-refractivity contribution is 5.84. The van der Waals surface area contributed by atoms with Crippen molar-refractivity contribution in [3.05, 3.63) is 30.3 Å². The molecule has 2 bridgehead atoms. The Balaban J connectivity index is 1.53. The second-order valence-corrected chi connectivity index (χ2v) is 5.54. The number of benzene rings is 1. The zero-order valence-electron chi connectivity index (χ0n) is 11.2. The summed E-state index contributed by atoms with van der Waals surface area (Å²) in [4.78, 5) is 14.3. The van der Waals surface area contributed by atoms with Gasteiger partial charge in [0.05, 0.1) is 0 Å². The number of carbonyl (C=O) groups excluding carboxylic acids is 1. The van der Waals surface area contributed by atoms with E-state index in [2.05, 4.69) is 17.3 Å². The fourth-order valence-corrected chi connectivity index (χ4v) is 3.28. The minimum Gasteiger partial charge on any atom is -0.446 e. The van der Waals surface area contributed by atoms with Crippen molar-refractivity contribution in [3.8, 4) is 0 Å². The molecule has 2 saturated heterocycles. The lowest BCUT2D eigenvalue weighted by Gasteiger charge is -2.35. The summed E-state index contributed by atoms with van der Waals surface area (Å²) in [6.45, 7) is 0. The van der Waals surface area contributed by atoms with Crippen LogP contribution in [0.5, 0.6) is 0 Å². The van der Waals surface area contributed by atoms with Gasteiger partial charge in [-0.2, -0.15) is 0 Å². The molecule has 4 heteroatoms. The molecule has 0 saturated carbocycles. The maximum Gasteiger partial charge on any atom is 0.411 e. The van der Waals surface area contributed by atoms with E-state index in [0.717, 1.165) is 18.5 Å². The SMILES string of the molecule is CN1C2CCC1CC(OC(=O)Nc1ccccc1)C2. The van der Waals surface area contributed by atoms with E-state index in [1.165, 1.54) is 12.8 Å². The van der Waals surface area contributed by atoms with Gasteiger partial charge in [0.1, 0.15) is 6.10 Å². The fourth-order valence-electron chi connectivity index (χ4n) is 3.28. The number of hydrogen-bond acceptors (Lipinski definition) is 3. The molecule has 2 fully saturated rings. The summed E-state index contributed by atoms with van der Waals surface area (Å²) < 4.78 is 5.55. The van der Waals surface area contributed by atoms with E-state index < -0.39 is 0 Å². The molecule has 102 valence electrons. The molecule has 2 heterocycles. The van der Waals surface area contributed by atoms with Crippen LogP contribution in [0.3, 0.4) is 0 Å². The van der Waals surface area contributed by atoms with Crippen LogP contribution in [0.25, 0.3) is 0 Å². The van der Waals surface area contributed by atoms with Gasteiger partial charge in [-0.1, -0.05) is 18.2 Å². The van der Waals surface area contributed by atoms with Gasteiger partial charge in [-0.25, -0.2) is 4.79 Å². The number of carbonyl (C=O) groups is 1. The van der Waals surface area contributed by atoms with Gasteiger partial charge >= 0.3 is 6.09 Å². The molecular weight excluding hydrogens is 240 g/mol. The Hall–Kier alpha value is -1.55. The summed E-state index contributed by atoms with van der Waals surface area (Å²) in [7, 11) is 2.18. The number of ether oxygens (including phenoxy) is 1. The van der Waals surface area contributed by atoms with E-state index in [1.807, 2.05) is 30.3 Å². The normalized spacial score (nSPS) is 30.1. The van der Waals surface area contributed by atoms with Crippen LogP contribution in [0.15, 0.2) is 30.3 Å². The number of nitrogens with zero attached hydrogens (tertiary/aromatic N) is 1. The van der Waals surface area contributed by atoms with Crippen LogP contribution in [-0.2, 0) is 4.74 Å². The zero-order chi connectivity index (χ0) is 13.2. The van der Waals surface area contributed by atoms with Gasteiger partial charge in [0.2, 0.25) is 0 Å². The summed E-state index contributed by atoms with van der Waals surface area (Å²) in [6.07, 6.45) is 4.14. The number of piperidine rings is 1. The molecule has 0 aliphatic carbocycles. The van der Waals surface area contributed by atoms with Crippen molar-refractivity contribution in [1.29, 1.82) is 0 Å². The van der Waals surface area contributed by atoms with Crippen molar-refractivity contribution in [1.82, 2.24) is 4.90 Å². The molecule has 1 amide bonds. The van der Waals surface area contributed by atoms with Crippen LogP contribution >= 0.6 is 0 Å². The van der Waals surface area contributed by atoms with Gasteiger partial charge in [0.15, 0.2) is 0 Å². The highest BCUT2D eigenvalue weighted by Gasteiger charge is 2.39. The molecule has 3 rings (SSSR count). The Morgan fingerprint density at radius 3 is 2.47 bits per heavy atom. The minimum atomic E-state index is -0.333. The third kappa shape index (κ3) is 2.73. The third-order valence-corrected chi connectivity index (χ3v) is 4.35. The van der Waals surface area contributed by atoms with E-state index in [-0.39, 0.29) is 12.2 Å². The number of para-hydroxylation sites is 1. The molecule has 4 nitrogen and oxygen atoms in total. The lowest BCUT2D eigenvalue weighted by Crippen LogP contribution is -2.43. The van der Waals surface area contributed by atoms with Gasteiger partial charge in [-0.15, -0.1) is 0 Å². The first-order valence-corrected chi connectivity index (χ1v) is 6.97. The lowest BCUT2D eigenvalue weighted by molar-refractivity contribution is 0.0348. The average molecular weight is 260 g/mol. The first kappa shape index (κ1) is 12.5. The highest BCUT2D eigenvalue weighted by atomic mass is 16.6. The van der Waals surface area contributed by atoms with Gasteiger partial charge in [0, 0.05) is 30.6 Å². The average Bonchev–Trinajstić information content (AvgIpc) is 2.63. The summed E-state index contributed by atoms with van der Waals surface area (Å²) in [5.74, 6) is 0. The number of anilines is 1. The summed E-state index contributed by atoms with van der Waals surface area (Å²) in [5, 5.41) is 2.78. The fraction of sp³-hybridized carbons (Fsp3) is 0.533. The number of rotatable bonds is 2. The van der Waals surface area contributed by atoms with Crippen LogP contribution in [0.1, 0.15) is 25.7 Å². The first-order valence-electron chi connectivity index (χ1n) is 6.97. The second kappa shape index (κ2) is 5.21. The Labute approximate surface area is 113 Å². The van der Waals surface area contributed by atoms with Crippen LogP contribution in [0, 0.1) is 0 Å². The van der Waals surface area contributed by atoms with Crippen molar-refractivity contribution in [2.75, 3.05) is 12.4 Å². The molecule has 2 atom stereocenters. The smallest absolute Gasteiger partial charge is 0.411 e. The van der Waals surface area contributed by atoms with Gasteiger partial charge in [-0.3, -0.25) is 5.32 Å². The lowest BCUT2D eigenvalue weighted by atomic mass is 10.0. The van der Waals surface area contributed by atoms with Crippen LogP contribution in [0.2, 0.25) is 0 Å². The van der Waals surface area contributed by atoms with E-state index in [9.17, 15) is 4.79 Å². The topological polar surface area (TPSA) is 41.6 Å². The number of amides is 1. The Morgan fingerprint density at radius 2 is 1.84 bits per heavy atom. The van der Waals surface area contributed by atoms with E-state index >= 15 is 0 Å². The molecular formula is C15H20N2O2. The van der Waals surface area contributed by atoms with Gasteiger partial charge in [0.25, 0.3) is 0 Å². The van der Waals surface area contributed by atoms with E-state index in [0.29, 0.717) is 12.1 Å². The predicted molar refractivity (Wildman–Crippen MR) is 74.1 cm³/mol. The van der Waals surface area contributed by atoms with Gasteiger partial charge in [-0.05, 0) is 32.0 Å². The molecule has 1 aromatic carbocycles. The van der Waals surface area contributed by atoms with Crippen molar-refractivity contribution in [2.45, 2.75) is 43.9 Å². The number of hydrogen-bond donors (Lipinski definition) is 1. The molecule has 1 aromatic rings. The predicted octanol–water partition coefficient (Wildman–Crippen LogP) is 2.86. The van der Waals surface area contributed by atoms with Crippen LogP contribution in [0.4, 0.5) is 10.5 Å². The van der Waals surface area contributed by atoms with E-state index in [4.69, 9.17) is 4.74 Å². The van der Waals surface area contributed by atoms with Crippen molar-refractivity contribution < 1.29 is 9.53 Å². The highest BCUT2D eigenvalue weighted by Crippen LogP contribution is 2.35. The third-order valence-electron chi connectivity index (χ3n) is 4.35. The molecule has 0 radical (unpaired) electrons. The molecule has 19 heavy (non-hydrogen) atoms. The maximum atomic E-state index is 11.8. The summed E-state index contributed by atoms with van der Waals surface area (Å²) in [5.41, 5.74) is 0.781. The van der Waals surface area contributed by atoms with Crippen molar-refractivity contribution in [2.24, 2.45) is 0 Å². The molecule has 2 unspecified atom stereocenters. The second-order valence-electron chi connectivity index (χ2n) is 5.54. The summed E-state index contributed by atoms with van der Waals surface area (Å²) in [6, 6.07) is 10.6. The van der Waals surface area contributed by atoms with E-state index in [1.54, 1.807) is 0 Å². The monoisotopic (exact) mass is 260 g/mol. The molecule has 1 N–H and O–H groups in total. The molecule has 0 spiro atoms. The Morgan fingerprint density at radius 1 is 1.21 bits per heavy atom. The van der Waals surface area contributed by atoms with Gasteiger partial charge < -0.3 is 9.64 Å². The standard InChI is InChI=1S/C15H20N2O2/c1-17-12-7-8-13(17)10-14(9-12)19-15(18)16-11-5-3-2-4-6-11/h2-6,12-14H,7-10H2,1H3,(H,16,18). The van der Waals surface area contributed by atoms with Crippen molar-refractivity contribution >= 4 is 11.8 Å². The Kier molecular flexibility index (Phi) is 3.42. The molecule has 2 aliphatic heterocycles. The zero-order valence-corrected chi connectivity index (χ0v) is 11.2. The van der Waals surface area contributed by atoms with Crippen LogP contribution in [-0.4, -0.2) is 36.2 Å².